The van der Waals surface area contributed by atoms with Crippen LogP contribution in [0.15, 0.2) is 35.3 Å². The molecule has 0 aromatic heterocycles. The van der Waals surface area contributed by atoms with Gasteiger partial charge in [-0.1, -0.05) is 43.4 Å². The third-order valence-corrected chi connectivity index (χ3v) is 6.39. The van der Waals surface area contributed by atoms with Crippen LogP contribution in [0.3, 0.4) is 0 Å². The summed E-state index contributed by atoms with van der Waals surface area (Å²) in [5.41, 5.74) is 5.45. The molecule has 0 bridgehead atoms. The number of fused-ring (bicyclic) bond motifs is 1. The molecule has 0 heterocycles. The predicted octanol–water partition coefficient (Wildman–Crippen LogP) is 7.99. The number of nitrogens with zero attached hydrogens (tertiary/aromatic N) is 1. The summed E-state index contributed by atoms with van der Waals surface area (Å²) in [7, 11) is 0. The van der Waals surface area contributed by atoms with E-state index in [2.05, 4.69) is 19.8 Å². The van der Waals surface area contributed by atoms with E-state index < -0.39 is 5.82 Å². The number of hydrogen-bond acceptors (Lipinski definition) is 2. The molecule has 0 aliphatic heterocycles. The first-order valence-corrected chi connectivity index (χ1v) is 11.3. The number of phenolic OH excluding ortho intramolecular Hbond substituents is 1. The summed E-state index contributed by atoms with van der Waals surface area (Å²) < 4.78 is 14.5. The molecule has 2 nitrogen and oxygen atoms in total. The molecule has 3 aromatic carbocycles. The molecule has 0 fully saturated rings. The second-order valence-electron chi connectivity index (χ2n) is 8.39. The van der Waals surface area contributed by atoms with Crippen molar-refractivity contribution in [3.63, 3.8) is 0 Å². The zero-order valence-corrected chi connectivity index (χ0v) is 20.1. The number of halogens is 2. The first-order valence-electron chi connectivity index (χ1n) is 11.0. The highest BCUT2D eigenvalue weighted by molar-refractivity contribution is 6.34. The van der Waals surface area contributed by atoms with Crippen LogP contribution >= 0.6 is 11.6 Å². The standard InChI is InChI=1S/C28H29ClFNO/c1-7-9-10-16(3)31-19(6)23-15-25(29)27(18(5)17(23)4)24-14-21(32)13-20-11-12-26(30)22(8-2)28(20)24/h2,11-16,32H,7,9-10H2,1,3-6H3. The molecule has 1 unspecified atom stereocenters. The van der Waals surface area contributed by atoms with Crippen LogP contribution in [0.5, 0.6) is 5.75 Å². The van der Waals surface area contributed by atoms with Crippen molar-refractivity contribution in [1.29, 1.82) is 0 Å². The van der Waals surface area contributed by atoms with Crippen LogP contribution in [0, 0.1) is 32.0 Å². The van der Waals surface area contributed by atoms with Gasteiger partial charge in [0.25, 0.3) is 0 Å². The fourth-order valence-corrected chi connectivity index (χ4v) is 4.66. The fraction of sp³-hybridized carbons (Fsp3) is 0.321. The van der Waals surface area contributed by atoms with E-state index in [4.69, 9.17) is 23.0 Å². The molecule has 3 aromatic rings. The number of hydrogen-bond donors (Lipinski definition) is 1. The summed E-state index contributed by atoms with van der Waals surface area (Å²) >= 11 is 6.81. The number of phenols is 1. The Morgan fingerprint density at radius 2 is 1.94 bits per heavy atom. The van der Waals surface area contributed by atoms with Crippen LogP contribution in [0.1, 0.15) is 62.3 Å². The van der Waals surface area contributed by atoms with Gasteiger partial charge in [-0.25, -0.2) is 4.39 Å². The third-order valence-electron chi connectivity index (χ3n) is 6.10. The Bertz CT molecular complexity index is 1250. The lowest BCUT2D eigenvalue weighted by atomic mass is 9.88. The second-order valence-corrected chi connectivity index (χ2v) is 8.80. The third kappa shape index (κ3) is 4.52. The SMILES string of the molecule is C#Cc1c(F)ccc2cc(O)cc(-c3c(Cl)cc(C(C)=NC(C)CCCC)c(C)c3C)c12. The highest BCUT2D eigenvalue weighted by atomic mass is 35.5. The van der Waals surface area contributed by atoms with Gasteiger partial charge in [-0.15, -0.1) is 6.42 Å². The number of aliphatic imine (C=N–C) groups is 1. The van der Waals surface area contributed by atoms with Gasteiger partial charge in [0.1, 0.15) is 11.6 Å². The minimum Gasteiger partial charge on any atom is -0.508 e. The van der Waals surface area contributed by atoms with E-state index in [-0.39, 0.29) is 17.4 Å². The van der Waals surface area contributed by atoms with E-state index in [1.54, 1.807) is 18.2 Å². The van der Waals surface area contributed by atoms with Gasteiger partial charge in [0, 0.05) is 27.7 Å². The van der Waals surface area contributed by atoms with Crippen LogP contribution in [0.25, 0.3) is 21.9 Å². The Labute approximate surface area is 195 Å². The van der Waals surface area contributed by atoms with E-state index in [0.29, 0.717) is 21.4 Å². The Morgan fingerprint density at radius 3 is 2.59 bits per heavy atom. The lowest BCUT2D eigenvalue weighted by Gasteiger charge is -2.19. The summed E-state index contributed by atoms with van der Waals surface area (Å²) in [6, 6.07) is 8.28. The first kappa shape index (κ1) is 23.8. The van der Waals surface area contributed by atoms with Crippen molar-refractivity contribution in [2.45, 2.75) is 59.9 Å². The molecular formula is C28H29ClFNO. The lowest BCUT2D eigenvalue weighted by molar-refractivity contribution is 0.476. The molecule has 3 rings (SSSR count). The summed E-state index contributed by atoms with van der Waals surface area (Å²) in [6.45, 7) is 10.3. The summed E-state index contributed by atoms with van der Waals surface area (Å²) in [5.74, 6) is 2.07. The van der Waals surface area contributed by atoms with Crippen molar-refractivity contribution in [2.75, 3.05) is 0 Å². The minimum atomic E-state index is -0.474. The second kappa shape index (κ2) is 9.76. The Morgan fingerprint density at radius 1 is 1.22 bits per heavy atom. The number of rotatable bonds is 6. The molecule has 1 N–H and O–H groups in total. The molecule has 0 saturated carbocycles. The van der Waals surface area contributed by atoms with E-state index in [1.165, 1.54) is 6.07 Å². The van der Waals surface area contributed by atoms with E-state index >= 15 is 0 Å². The Balaban J connectivity index is 2.25. The predicted molar refractivity (Wildman–Crippen MR) is 135 cm³/mol. The Hall–Kier alpha value is -2.83. The number of unbranched alkanes of at least 4 members (excludes halogenated alkanes) is 1. The molecule has 0 amide bonds. The van der Waals surface area contributed by atoms with Gasteiger partial charge >= 0.3 is 0 Å². The molecule has 1 atom stereocenters. The van der Waals surface area contributed by atoms with Gasteiger partial charge in [-0.05, 0) is 86.0 Å². The minimum absolute atomic E-state index is 0.0711. The molecule has 0 aliphatic rings. The zero-order valence-electron chi connectivity index (χ0n) is 19.3. The summed E-state index contributed by atoms with van der Waals surface area (Å²) in [4.78, 5) is 4.88. The van der Waals surface area contributed by atoms with Crippen molar-refractivity contribution < 1.29 is 9.50 Å². The topological polar surface area (TPSA) is 32.6 Å². The summed E-state index contributed by atoms with van der Waals surface area (Å²) in [6.07, 6.45) is 9.00. The number of benzene rings is 3. The van der Waals surface area contributed by atoms with Gasteiger partial charge < -0.3 is 5.11 Å². The van der Waals surface area contributed by atoms with Crippen LogP contribution in [0.2, 0.25) is 5.02 Å². The molecular weight excluding hydrogens is 421 g/mol. The molecule has 0 radical (unpaired) electrons. The van der Waals surface area contributed by atoms with Crippen molar-refractivity contribution in [3.8, 4) is 29.2 Å². The van der Waals surface area contributed by atoms with Crippen LogP contribution in [-0.2, 0) is 0 Å². The maximum Gasteiger partial charge on any atom is 0.139 e. The monoisotopic (exact) mass is 449 g/mol. The molecule has 0 aliphatic carbocycles. The maximum absolute atomic E-state index is 14.5. The average Bonchev–Trinajstić information content (AvgIpc) is 2.74. The average molecular weight is 450 g/mol. The van der Waals surface area contributed by atoms with Crippen molar-refractivity contribution in [2.24, 2.45) is 4.99 Å². The van der Waals surface area contributed by atoms with Gasteiger partial charge in [-0.2, -0.15) is 0 Å². The summed E-state index contributed by atoms with van der Waals surface area (Å²) in [5, 5.41) is 12.1. The van der Waals surface area contributed by atoms with Crippen LogP contribution in [0.4, 0.5) is 4.39 Å². The van der Waals surface area contributed by atoms with E-state index in [9.17, 15) is 9.50 Å². The first-order chi connectivity index (χ1) is 15.2. The molecule has 0 saturated heterocycles. The van der Waals surface area contributed by atoms with Crippen molar-refractivity contribution in [3.05, 3.63) is 63.4 Å². The van der Waals surface area contributed by atoms with Crippen molar-refractivity contribution in [1.82, 2.24) is 0 Å². The number of aromatic hydroxyl groups is 1. The molecule has 4 heteroatoms. The van der Waals surface area contributed by atoms with E-state index in [0.717, 1.165) is 47.2 Å². The zero-order chi connectivity index (χ0) is 23.6. The quantitative estimate of drug-likeness (QED) is 0.300. The molecule has 0 spiro atoms. The van der Waals surface area contributed by atoms with Crippen molar-refractivity contribution >= 4 is 28.1 Å². The molecule has 166 valence electrons. The van der Waals surface area contributed by atoms with Gasteiger partial charge in [0.15, 0.2) is 0 Å². The normalized spacial score (nSPS) is 12.8. The highest BCUT2D eigenvalue weighted by Gasteiger charge is 2.20. The van der Waals surface area contributed by atoms with Gasteiger partial charge in [0.05, 0.1) is 5.56 Å². The smallest absolute Gasteiger partial charge is 0.139 e. The van der Waals surface area contributed by atoms with Crippen LogP contribution in [-0.4, -0.2) is 16.9 Å². The maximum atomic E-state index is 14.5. The van der Waals surface area contributed by atoms with Gasteiger partial charge in [-0.3, -0.25) is 4.99 Å². The van der Waals surface area contributed by atoms with Gasteiger partial charge in [0.2, 0.25) is 0 Å². The fourth-order valence-electron chi connectivity index (χ4n) is 4.31. The van der Waals surface area contributed by atoms with E-state index in [1.807, 2.05) is 26.8 Å². The largest absolute Gasteiger partial charge is 0.508 e. The highest BCUT2D eigenvalue weighted by Crippen LogP contribution is 2.42. The molecule has 32 heavy (non-hydrogen) atoms. The Kier molecular flexibility index (Phi) is 7.26. The lowest BCUT2D eigenvalue weighted by Crippen LogP contribution is -2.07. The number of terminal acetylenes is 1. The van der Waals surface area contributed by atoms with Crippen LogP contribution < -0.4 is 0 Å².